The minimum Gasteiger partial charge on any atom is -0.308 e. The van der Waals surface area contributed by atoms with E-state index in [-0.39, 0.29) is 6.03 Å². The van der Waals surface area contributed by atoms with Gasteiger partial charge in [0, 0.05) is 17.9 Å². The van der Waals surface area contributed by atoms with Crippen LogP contribution in [-0.4, -0.2) is 27.2 Å². The molecule has 25 heavy (non-hydrogen) atoms. The van der Waals surface area contributed by atoms with E-state index in [0.717, 1.165) is 22.4 Å². The summed E-state index contributed by atoms with van der Waals surface area (Å²) in [4.78, 5) is 12.2. The number of urea groups is 1. The summed E-state index contributed by atoms with van der Waals surface area (Å²) < 4.78 is 24.9. The van der Waals surface area contributed by atoms with Crippen LogP contribution < -0.4 is 14.9 Å². The summed E-state index contributed by atoms with van der Waals surface area (Å²) in [5.41, 5.74) is 5.05. The molecule has 0 saturated heterocycles. The van der Waals surface area contributed by atoms with Crippen molar-refractivity contribution in [2.75, 3.05) is 27.7 Å². The molecule has 0 saturated carbocycles. The van der Waals surface area contributed by atoms with E-state index < -0.39 is 10.0 Å². The lowest BCUT2D eigenvalue weighted by Crippen LogP contribution is -2.27. The Morgan fingerprint density at radius 1 is 1.08 bits per heavy atom. The number of hydrogen-bond donors (Lipinski definition) is 2. The molecule has 3 rings (SSSR count). The predicted octanol–water partition coefficient (Wildman–Crippen LogP) is 3.27. The maximum absolute atomic E-state index is 12.2. The van der Waals surface area contributed by atoms with Crippen molar-refractivity contribution in [3.8, 4) is 0 Å². The van der Waals surface area contributed by atoms with Crippen molar-refractivity contribution in [1.29, 1.82) is 0 Å². The third-order valence-electron chi connectivity index (χ3n) is 4.23. The van der Waals surface area contributed by atoms with Gasteiger partial charge in [-0.1, -0.05) is 12.1 Å². The third kappa shape index (κ3) is 3.76. The second kappa shape index (κ2) is 6.40. The fraction of sp³-hybridized carbons (Fsp3) is 0.278. The van der Waals surface area contributed by atoms with Gasteiger partial charge in [0.1, 0.15) is 0 Å². The van der Waals surface area contributed by atoms with Crippen molar-refractivity contribution in [2.24, 2.45) is 0 Å². The number of hydrogen-bond acceptors (Lipinski definition) is 3. The molecule has 132 valence electrons. The number of carbonyl (C=O) groups is 1. The molecule has 6 nitrogen and oxygen atoms in total. The summed E-state index contributed by atoms with van der Waals surface area (Å²) in [6.07, 6.45) is 1.84. The van der Waals surface area contributed by atoms with Crippen LogP contribution in [0, 0.1) is 13.8 Å². The Labute approximate surface area is 147 Å². The quantitative estimate of drug-likeness (QED) is 0.883. The van der Waals surface area contributed by atoms with Crippen molar-refractivity contribution >= 4 is 33.1 Å². The Morgan fingerprint density at radius 3 is 2.56 bits per heavy atom. The first-order valence-corrected chi connectivity index (χ1v) is 9.85. The average molecular weight is 359 g/mol. The van der Waals surface area contributed by atoms with E-state index in [1.54, 1.807) is 12.1 Å². The molecule has 1 heterocycles. The summed E-state index contributed by atoms with van der Waals surface area (Å²) in [7, 11) is -3.27. The first-order valence-electron chi connectivity index (χ1n) is 8.00. The van der Waals surface area contributed by atoms with E-state index in [1.165, 1.54) is 10.6 Å². The Kier molecular flexibility index (Phi) is 4.43. The zero-order valence-electron chi connectivity index (χ0n) is 14.5. The Balaban J connectivity index is 1.74. The van der Waals surface area contributed by atoms with Crippen molar-refractivity contribution in [3.63, 3.8) is 0 Å². The number of aryl methyl sites for hydroxylation is 2. The normalized spacial score (nSPS) is 13.5. The maximum Gasteiger partial charge on any atom is 0.323 e. The number of nitrogens with zero attached hydrogens (tertiary/aromatic N) is 1. The van der Waals surface area contributed by atoms with Crippen LogP contribution in [0.2, 0.25) is 0 Å². The zero-order valence-corrected chi connectivity index (χ0v) is 15.3. The van der Waals surface area contributed by atoms with Crippen molar-refractivity contribution in [2.45, 2.75) is 20.3 Å². The standard InChI is InChI=1S/C18H21N3O3S/c1-12-4-5-13(2)16(10-12)20-18(22)19-15-6-7-17-14(11-15)8-9-21(17)25(3,23)24/h4-7,10-11H,8-9H2,1-3H3,(H2,19,20,22). The van der Waals surface area contributed by atoms with Gasteiger partial charge in [-0.3, -0.25) is 4.31 Å². The zero-order chi connectivity index (χ0) is 18.2. The SMILES string of the molecule is Cc1ccc(C)c(NC(=O)Nc2ccc3c(c2)CCN3S(C)(=O)=O)c1. The lowest BCUT2D eigenvalue weighted by molar-refractivity contribution is 0.262. The highest BCUT2D eigenvalue weighted by molar-refractivity contribution is 7.92. The summed E-state index contributed by atoms with van der Waals surface area (Å²) in [6.45, 7) is 4.34. The van der Waals surface area contributed by atoms with Gasteiger partial charge >= 0.3 is 6.03 Å². The van der Waals surface area contributed by atoms with Gasteiger partial charge in [-0.15, -0.1) is 0 Å². The predicted molar refractivity (Wildman–Crippen MR) is 101 cm³/mol. The van der Waals surface area contributed by atoms with Crippen LogP contribution in [-0.2, 0) is 16.4 Å². The molecule has 0 spiro atoms. The van der Waals surface area contributed by atoms with Gasteiger partial charge in [0.25, 0.3) is 0 Å². The second-order valence-electron chi connectivity index (χ2n) is 6.33. The molecule has 0 bridgehead atoms. The molecule has 7 heteroatoms. The number of sulfonamides is 1. The maximum atomic E-state index is 12.2. The minimum atomic E-state index is -3.27. The summed E-state index contributed by atoms with van der Waals surface area (Å²) >= 11 is 0. The number of benzene rings is 2. The van der Waals surface area contributed by atoms with Crippen LogP contribution in [0.5, 0.6) is 0 Å². The summed E-state index contributed by atoms with van der Waals surface area (Å²) in [5, 5.41) is 5.65. The first-order chi connectivity index (χ1) is 11.7. The second-order valence-corrected chi connectivity index (χ2v) is 8.23. The number of carbonyl (C=O) groups excluding carboxylic acids is 1. The highest BCUT2D eigenvalue weighted by atomic mass is 32.2. The molecule has 0 atom stereocenters. The number of nitrogens with one attached hydrogen (secondary N) is 2. The van der Waals surface area contributed by atoms with E-state index in [4.69, 9.17) is 0 Å². The van der Waals surface area contributed by atoms with Gasteiger partial charge in [0.15, 0.2) is 0 Å². The third-order valence-corrected chi connectivity index (χ3v) is 5.41. The highest BCUT2D eigenvalue weighted by Gasteiger charge is 2.26. The van der Waals surface area contributed by atoms with Crippen LogP contribution in [0.4, 0.5) is 21.9 Å². The van der Waals surface area contributed by atoms with E-state index >= 15 is 0 Å². The average Bonchev–Trinajstić information content (AvgIpc) is 2.94. The molecular formula is C18H21N3O3S. The molecule has 2 amide bonds. The molecule has 1 aliphatic heterocycles. The van der Waals surface area contributed by atoms with E-state index in [1.807, 2.05) is 38.1 Å². The van der Waals surface area contributed by atoms with Gasteiger partial charge < -0.3 is 10.6 Å². The Bertz CT molecular complexity index is 939. The van der Waals surface area contributed by atoms with E-state index in [0.29, 0.717) is 24.3 Å². The lowest BCUT2D eigenvalue weighted by atomic mass is 10.1. The number of fused-ring (bicyclic) bond motifs is 1. The van der Waals surface area contributed by atoms with Crippen molar-refractivity contribution in [1.82, 2.24) is 0 Å². The number of anilines is 3. The Hall–Kier alpha value is -2.54. The van der Waals surface area contributed by atoms with Gasteiger partial charge in [-0.2, -0.15) is 0 Å². The molecule has 0 unspecified atom stereocenters. The van der Waals surface area contributed by atoms with E-state index in [2.05, 4.69) is 10.6 Å². The lowest BCUT2D eigenvalue weighted by Gasteiger charge is -2.16. The molecule has 0 aliphatic carbocycles. The summed E-state index contributed by atoms with van der Waals surface area (Å²) in [5.74, 6) is 0. The first kappa shape index (κ1) is 17.3. The van der Waals surface area contributed by atoms with Crippen LogP contribution in [0.25, 0.3) is 0 Å². The van der Waals surface area contributed by atoms with Crippen molar-refractivity contribution in [3.05, 3.63) is 53.1 Å². The van der Waals surface area contributed by atoms with Gasteiger partial charge in [-0.05, 0) is 61.2 Å². The largest absolute Gasteiger partial charge is 0.323 e. The van der Waals surface area contributed by atoms with Gasteiger partial charge in [0.2, 0.25) is 10.0 Å². The molecule has 2 N–H and O–H groups in total. The van der Waals surface area contributed by atoms with E-state index in [9.17, 15) is 13.2 Å². The molecule has 2 aromatic rings. The van der Waals surface area contributed by atoms with Gasteiger partial charge in [-0.25, -0.2) is 13.2 Å². The fourth-order valence-corrected chi connectivity index (χ4v) is 3.91. The molecule has 0 aromatic heterocycles. The highest BCUT2D eigenvalue weighted by Crippen LogP contribution is 2.32. The minimum absolute atomic E-state index is 0.327. The van der Waals surface area contributed by atoms with Crippen LogP contribution in [0.15, 0.2) is 36.4 Å². The number of rotatable bonds is 3. The van der Waals surface area contributed by atoms with Crippen LogP contribution in [0.3, 0.4) is 0 Å². The summed E-state index contributed by atoms with van der Waals surface area (Å²) in [6, 6.07) is 10.8. The van der Waals surface area contributed by atoms with Crippen molar-refractivity contribution < 1.29 is 13.2 Å². The molecule has 1 aliphatic rings. The van der Waals surface area contributed by atoms with Crippen LogP contribution >= 0.6 is 0 Å². The monoisotopic (exact) mass is 359 g/mol. The van der Waals surface area contributed by atoms with Gasteiger partial charge in [0.05, 0.1) is 11.9 Å². The fourth-order valence-electron chi connectivity index (χ4n) is 2.95. The Morgan fingerprint density at radius 2 is 1.84 bits per heavy atom. The molecule has 2 aromatic carbocycles. The molecular weight excluding hydrogens is 338 g/mol. The topological polar surface area (TPSA) is 78.5 Å². The van der Waals surface area contributed by atoms with Crippen LogP contribution in [0.1, 0.15) is 16.7 Å². The molecule has 0 fully saturated rings. The number of amides is 2. The smallest absolute Gasteiger partial charge is 0.308 e. The molecule has 0 radical (unpaired) electrons.